The number of pyridine rings is 1. The van der Waals surface area contributed by atoms with Gasteiger partial charge in [0.25, 0.3) is 0 Å². The first kappa shape index (κ1) is 52.4. The molecule has 6 aromatic carbocycles. The Balaban J connectivity index is 0.00000693. The molecular weight excluding hydrogens is 1060 g/mol. The van der Waals surface area contributed by atoms with E-state index < -0.39 is 0 Å². The van der Waals surface area contributed by atoms with Crippen LogP contribution in [0.15, 0.2) is 157 Å². The van der Waals surface area contributed by atoms with E-state index in [2.05, 4.69) is 277 Å². The summed E-state index contributed by atoms with van der Waals surface area (Å²) in [7, 11) is 0. The third-order valence-electron chi connectivity index (χ3n) is 14.6. The Hall–Kier alpha value is -5.90. The van der Waals surface area contributed by atoms with E-state index in [0.717, 1.165) is 44.6 Å². The molecule has 0 unspecified atom stereocenters. The Morgan fingerprint density at radius 2 is 0.986 bits per heavy atom. The minimum atomic E-state index is -0.381. The van der Waals surface area contributed by atoms with Gasteiger partial charge in [0.2, 0.25) is 0 Å². The van der Waals surface area contributed by atoms with Gasteiger partial charge in [-0.25, -0.2) is 4.98 Å². The first-order valence-corrected chi connectivity index (χ1v) is 25.4. The molecule has 6 heteroatoms. The molecule has 0 fully saturated rings. The summed E-state index contributed by atoms with van der Waals surface area (Å²) < 4.78 is 9.33. The summed E-state index contributed by atoms with van der Waals surface area (Å²) in [4.78, 5) is 9.86. The maximum atomic E-state index is 7.10. The van der Waals surface area contributed by atoms with Gasteiger partial charge in [-0.1, -0.05) is 201 Å². The van der Waals surface area contributed by atoms with Crippen LogP contribution in [0.1, 0.15) is 144 Å². The van der Waals surface area contributed by atoms with E-state index in [-0.39, 0.29) is 53.6 Å². The smallest absolute Gasteiger partial charge is 0.135 e. The minimum Gasteiger partial charge on any atom is -0.509 e. The van der Waals surface area contributed by atoms with Gasteiger partial charge in [-0.15, -0.1) is 53.6 Å². The number of benzene rings is 6. The number of rotatable bonds is 9. The average molecular weight is 1130 g/mol. The fourth-order valence-electron chi connectivity index (χ4n) is 10.2. The quantitative estimate of drug-likeness (QED) is 0.135. The predicted molar refractivity (Wildman–Crippen MR) is 299 cm³/mol. The fraction of sp³-hybridized carbons (Fsp3) is 0.333. The molecule has 2 aromatic heterocycles. The normalized spacial score (nSPS) is 14.1. The van der Waals surface area contributed by atoms with Gasteiger partial charge in [0.15, 0.2) is 0 Å². The molecule has 0 bridgehead atoms. The molecular formula is C66H73N4OPt-3. The molecule has 8 aromatic rings. The fourth-order valence-corrected chi connectivity index (χ4v) is 10.2. The van der Waals surface area contributed by atoms with Crippen molar-refractivity contribution in [1.82, 2.24) is 9.55 Å². The second-order valence-electron chi connectivity index (χ2n) is 24.9. The zero-order valence-corrected chi connectivity index (χ0v) is 47.7. The Kier molecular flexibility index (Phi) is 13.7. The van der Waals surface area contributed by atoms with Crippen LogP contribution < -0.4 is 14.5 Å². The molecule has 0 aliphatic carbocycles. The minimum absolute atomic E-state index is 0. The molecule has 0 saturated carbocycles. The van der Waals surface area contributed by atoms with E-state index >= 15 is 0 Å². The van der Waals surface area contributed by atoms with Crippen LogP contribution in [-0.4, -0.2) is 9.55 Å². The second kappa shape index (κ2) is 18.9. The predicted octanol–water partition coefficient (Wildman–Crippen LogP) is 17.6. The van der Waals surface area contributed by atoms with Gasteiger partial charge in [0.05, 0.1) is 0 Å². The zero-order chi connectivity index (χ0) is 51.1. The van der Waals surface area contributed by atoms with Crippen molar-refractivity contribution in [1.29, 1.82) is 0 Å². The summed E-state index contributed by atoms with van der Waals surface area (Å²) in [6.45, 7) is 39.3. The molecule has 9 rings (SSSR count). The zero-order valence-electron chi connectivity index (χ0n) is 45.4. The van der Waals surface area contributed by atoms with Crippen molar-refractivity contribution in [3.8, 4) is 17.3 Å². The summed E-state index contributed by atoms with van der Waals surface area (Å²) in [5, 5.41) is 2.21. The summed E-state index contributed by atoms with van der Waals surface area (Å²) in [6, 6.07) is 57.9. The standard InChI is InChI=1S/C66H73N4O.Pt/c1-61(2,3)47-35-48(62(4,5)6)37-50(36-47)68-43-69(60(64(10,11)12)59(68)63(7,8)9)51-38-49(66(15,16)45-27-21-18-22-28-45)39-53(41-51)71-52-31-32-55-54-29-23-24-30-56(54)70(57(55)42-52)58-40-46(33-34-67-58)65(13,14)44-25-19-17-20-26-44;/h17-40,43H,1-16H3;/q-3;. The number of hydrogen-bond donors (Lipinski definition) is 0. The number of allylic oxidation sites excluding steroid dienone is 2. The number of ether oxygens (including phenoxy) is 1. The van der Waals surface area contributed by atoms with Crippen LogP contribution in [0.4, 0.5) is 11.4 Å². The molecule has 1 aliphatic rings. The van der Waals surface area contributed by atoms with E-state index in [9.17, 15) is 0 Å². The van der Waals surface area contributed by atoms with Crippen molar-refractivity contribution >= 4 is 33.2 Å². The number of aromatic nitrogens is 2. The van der Waals surface area contributed by atoms with Gasteiger partial charge < -0.3 is 19.1 Å². The van der Waals surface area contributed by atoms with Crippen LogP contribution in [0.5, 0.6) is 11.5 Å². The third-order valence-corrected chi connectivity index (χ3v) is 14.6. The Morgan fingerprint density at radius 1 is 0.444 bits per heavy atom. The average Bonchev–Trinajstić information content (AvgIpc) is 3.90. The Labute approximate surface area is 445 Å². The van der Waals surface area contributed by atoms with Crippen molar-refractivity contribution in [3.63, 3.8) is 0 Å². The number of fused-ring (bicyclic) bond motifs is 3. The van der Waals surface area contributed by atoms with Crippen LogP contribution in [0.2, 0.25) is 0 Å². The van der Waals surface area contributed by atoms with Crippen molar-refractivity contribution in [3.05, 3.63) is 209 Å². The first-order chi connectivity index (χ1) is 33.2. The number of nitrogens with zero attached hydrogens (tertiary/aromatic N) is 4. The summed E-state index contributed by atoms with van der Waals surface area (Å²) >= 11 is 0. The van der Waals surface area contributed by atoms with Gasteiger partial charge in [-0.2, -0.15) is 6.07 Å². The Bertz CT molecular complexity index is 3260. The number of anilines is 2. The summed E-state index contributed by atoms with van der Waals surface area (Å²) in [6.07, 6.45) is 1.93. The van der Waals surface area contributed by atoms with Crippen LogP contribution >= 0.6 is 0 Å². The molecule has 376 valence electrons. The van der Waals surface area contributed by atoms with Crippen molar-refractivity contribution < 1.29 is 25.8 Å². The van der Waals surface area contributed by atoms with Crippen molar-refractivity contribution in [2.45, 2.75) is 132 Å². The van der Waals surface area contributed by atoms with Gasteiger partial charge >= 0.3 is 0 Å². The molecule has 0 N–H and O–H groups in total. The number of hydrogen-bond acceptors (Lipinski definition) is 4. The molecule has 0 atom stereocenters. The Morgan fingerprint density at radius 3 is 1.56 bits per heavy atom. The maximum Gasteiger partial charge on any atom is 0.135 e. The second-order valence-corrected chi connectivity index (χ2v) is 24.9. The monoisotopic (exact) mass is 1130 g/mol. The molecule has 72 heavy (non-hydrogen) atoms. The molecule has 0 amide bonds. The molecule has 3 heterocycles. The third kappa shape index (κ3) is 9.96. The summed E-state index contributed by atoms with van der Waals surface area (Å²) in [5.74, 6) is 2.05. The van der Waals surface area contributed by atoms with E-state index in [1.165, 1.54) is 39.2 Å². The van der Waals surface area contributed by atoms with E-state index in [1.54, 1.807) is 0 Å². The largest absolute Gasteiger partial charge is 0.509 e. The van der Waals surface area contributed by atoms with E-state index in [4.69, 9.17) is 9.72 Å². The van der Waals surface area contributed by atoms with Crippen LogP contribution in [0.25, 0.3) is 27.6 Å². The molecule has 5 nitrogen and oxygen atoms in total. The SMILES string of the molecule is CC(C)(C)C1=C(C(C)(C)C)N(c2cc(C(C)(C)C)cc(C(C)(C)C)c2)[CH-]N1c1[c-]c(Oc2[c-]c3c(cc2)c2ccccc2n3-c2cc(C(C)(C)c3ccccc3)ccn2)cc(C(C)(C)c2ccccc2)c1.[Pt]. The molecule has 0 radical (unpaired) electrons. The summed E-state index contributed by atoms with van der Waals surface area (Å²) in [5.41, 5.74) is 12.7. The van der Waals surface area contributed by atoms with Gasteiger partial charge in [-0.3, -0.25) is 0 Å². The van der Waals surface area contributed by atoms with Gasteiger partial charge in [-0.05, 0) is 79.8 Å². The van der Waals surface area contributed by atoms with Crippen molar-refractivity contribution in [2.24, 2.45) is 10.8 Å². The molecule has 0 saturated heterocycles. The van der Waals surface area contributed by atoms with Gasteiger partial charge in [0, 0.05) is 77.6 Å². The van der Waals surface area contributed by atoms with Gasteiger partial charge in [0.1, 0.15) is 5.82 Å². The van der Waals surface area contributed by atoms with Crippen LogP contribution in [-0.2, 0) is 42.7 Å². The molecule has 1 aliphatic heterocycles. The van der Waals surface area contributed by atoms with Crippen LogP contribution in [0, 0.1) is 29.6 Å². The number of para-hydroxylation sites is 1. The van der Waals surface area contributed by atoms with Crippen LogP contribution in [0.3, 0.4) is 0 Å². The topological polar surface area (TPSA) is 33.5 Å². The molecule has 0 spiro atoms. The van der Waals surface area contributed by atoms with E-state index in [1.807, 2.05) is 12.3 Å². The maximum absolute atomic E-state index is 7.10. The van der Waals surface area contributed by atoms with E-state index in [0.29, 0.717) is 11.5 Å². The first-order valence-electron chi connectivity index (χ1n) is 25.4. The van der Waals surface area contributed by atoms with Crippen molar-refractivity contribution in [2.75, 3.05) is 9.80 Å².